The van der Waals surface area contributed by atoms with Crippen molar-refractivity contribution in [2.45, 2.75) is 39.5 Å². The SMILES string of the molecule is CC1(C)CC(=O)C(Cc2cccc(Cl)c2)(Cc2cccc(Cl)c2)C(=O)C1. The molecule has 1 aliphatic rings. The number of halogens is 2. The van der Waals surface area contributed by atoms with Crippen molar-refractivity contribution in [2.75, 3.05) is 0 Å². The number of ketones is 2. The first-order chi connectivity index (χ1) is 12.2. The van der Waals surface area contributed by atoms with Crippen molar-refractivity contribution in [3.63, 3.8) is 0 Å². The van der Waals surface area contributed by atoms with Crippen LogP contribution in [0.3, 0.4) is 0 Å². The number of hydrogen-bond donors (Lipinski definition) is 0. The molecule has 2 aromatic carbocycles. The molecule has 26 heavy (non-hydrogen) atoms. The van der Waals surface area contributed by atoms with E-state index in [1.807, 2.05) is 50.2 Å². The van der Waals surface area contributed by atoms with Gasteiger partial charge in [-0.2, -0.15) is 0 Å². The van der Waals surface area contributed by atoms with Crippen LogP contribution in [0.4, 0.5) is 0 Å². The van der Waals surface area contributed by atoms with Crippen molar-refractivity contribution < 1.29 is 9.59 Å². The lowest BCUT2D eigenvalue weighted by molar-refractivity contribution is -0.148. The summed E-state index contributed by atoms with van der Waals surface area (Å²) in [4.78, 5) is 26.5. The topological polar surface area (TPSA) is 34.1 Å². The number of carbonyl (C=O) groups is 2. The highest BCUT2D eigenvalue weighted by molar-refractivity contribution is 6.31. The number of hydrogen-bond acceptors (Lipinski definition) is 2. The molecule has 0 radical (unpaired) electrons. The Kier molecular flexibility index (Phi) is 5.28. The van der Waals surface area contributed by atoms with Gasteiger partial charge in [0, 0.05) is 22.9 Å². The molecule has 0 unspecified atom stereocenters. The first-order valence-electron chi connectivity index (χ1n) is 8.76. The lowest BCUT2D eigenvalue weighted by Crippen LogP contribution is -2.50. The number of benzene rings is 2. The van der Waals surface area contributed by atoms with Crippen molar-refractivity contribution in [1.29, 1.82) is 0 Å². The maximum atomic E-state index is 13.2. The molecule has 3 rings (SSSR count). The molecule has 1 fully saturated rings. The van der Waals surface area contributed by atoms with E-state index in [2.05, 4.69) is 0 Å². The molecule has 136 valence electrons. The molecule has 2 aromatic rings. The van der Waals surface area contributed by atoms with E-state index in [1.54, 1.807) is 12.1 Å². The van der Waals surface area contributed by atoms with Gasteiger partial charge in [-0.05, 0) is 53.6 Å². The minimum absolute atomic E-state index is 0.0127. The third kappa shape index (κ3) is 4.02. The van der Waals surface area contributed by atoms with Gasteiger partial charge in [0.25, 0.3) is 0 Å². The molecule has 1 aliphatic carbocycles. The first kappa shape index (κ1) is 19.1. The van der Waals surface area contributed by atoms with E-state index in [4.69, 9.17) is 23.2 Å². The maximum Gasteiger partial charge on any atom is 0.147 e. The molecule has 0 bridgehead atoms. The van der Waals surface area contributed by atoms with Crippen LogP contribution in [0.25, 0.3) is 0 Å². The molecule has 0 saturated heterocycles. The summed E-state index contributed by atoms with van der Waals surface area (Å²) < 4.78 is 0. The van der Waals surface area contributed by atoms with Gasteiger partial charge in [-0.3, -0.25) is 9.59 Å². The van der Waals surface area contributed by atoms with Gasteiger partial charge in [0.1, 0.15) is 11.6 Å². The molecular weight excluding hydrogens is 367 g/mol. The van der Waals surface area contributed by atoms with E-state index < -0.39 is 5.41 Å². The van der Waals surface area contributed by atoms with Gasteiger partial charge in [0.15, 0.2) is 0 Å². The van der Waals surface area contributed by atoms with Crippen molar-refractivity contribution in [1.82, 2.24) is 0 Å². The van der Waals surface area contributed by atoms with Gasteiger partial charge in [0.05, 0.1) is 5.41 Å². The van der Waals surface area contributed by atoms with Crippen LogP contribution in [0.15, 0.2) is 48.5 Å². The Bertz CT molecular complexity index is 785. The summed E-state index contributed by atoms with van der Waals surface area (Å²) in [7, 11) is 0. The van der Waals surface area contributed by atoms with Crippen molar-refractivity contribution in [3.8, 4) is 0 Å². The largest absolute Gasteiger partial charge is 0.299 e. The summed E-state index contributed by atoms with van der Waals surface area (Å²) in [6.07, 6.45) is 1.54. The second-order valence-electron chi connectivity index (χ2n) is 8.06. The highest BCUT2D eigenvalue weighted by Gasteiger charge is 2.51. The number of rotatable bonds is 4. The van der Waals surface area contributed by atoms with E-state index in [1.165, 1.54) is 0 Å². The van der Waals surface area contributed by atoms with Crippen LogP contribution in [0.1, 0.15) is 37.8 Å². The highest BCUT2D eigenvalue weighted by atomic mass is 35.5. The zero-order valence-corrected chi connectivity index (χ0v) is 16.5. The average molecular weight is 389 g/mol. The van der Waals surface area contributed by atoms with Gasteiger partial charge in [0.2, 0.25) is 0 Å². The van der Waals surface area contributed by atoms with Crippen molar-refractivity contribution in [3.05, 3.63) is 69.7 Å². The fourth-order valence-electron chi connectivity index (χ4n) is 3.87. The van der Waals surface area contributed by atoms with E-state index in [0.29, 0.717) is 35.7 Å². The fraction of sp³-hybridized carbons (Fsp3) is 0.364. The average Bonchev–Trinajstić information content (AvgIpc) is 2.52. The third-order valence-electron chi connectivity index (χ3n) is 5.14. The molecule has 0 aliphatic heterocycles. The summed E-state index contributed by atoms with van der Waals surface area (Å²) in [6.45, 7) is 3.96. The van der Waals surface area contributed by atoms with Crippen LogP contribution in [0.5, 0.6) is 0 Å². The maximum absolute atomic E-state index is 13.2. The quantitative estimate of drug-likeness (QED) is 0.627. The van der Waals surface area contributed by atoms with Gasteiger partial charge in [-0.25, -0.2) is 0 Å². The summed E-state index contributed by atoms with van der Waals surface area (Å²) >= 11 is 12.2. The van der Waals surface area contributed by atoms with E-state index in [9.17, 15) is 9.59 Å². The number of Topliss-reactive ketones (excluding diaryl/α,β-unsaturated/α-hetero) is 2. The Morgan fingerprint density at radius 3 is 1.62 bits per heavy atom. The van der Waals surface area contributed by atoms with Crippen LogP contribution in [-0.2, 0) is 22.4 Å². The Labute approximate surface area is 164 Å². The van der Waals surface area contributed by atoms with Crippen LogP contribution < -0.4 is 0 Å². The van der Waals surface area contributed by atoms with E-state index >= 15 is 0 Å². The minimum Gasteiger partial charge on any atom is -0.299 e. The molecule has 0 aromatic heterocycles. The van der Waals surface area contributed by atoms with Gasteiger partial charge < -0.3 is 0 Å². The summed E-state index contributed by atoms with van der Waals surface area (Å²) in [6, 6.07) is 14.8. The van der Waals surface area contributed by atoms with E-state index in [-0.39, 0.29) is 17.0 Å². The van der Waals surface area contributed by atoms with Crippen LogP contribution in [-0.4, -0.2) is 11.6 Å². The predicted octanol–water partition coefficient (Wildman–Crippen LogP) is 5.72. The molecule has 2 nitrogen and oxygen atoms in total. The molecule has 4 heteroatoms. The minimum atomic E-state index is -1.05. The summed E-state index contributed by atoms with van der Waals surface area (Å²) in [5.41, 5.74) is 0.465. The molecule has 1 saturated carbocycles. The first-order valence-corrected chi connectivity index (χ1v) is 9.51. The van der Waals surface area contributed by atoms with Crippen molar-refractivity contribution in [2.24, 2.45) is 10.8 Å². The monoisotopic (exact) mass is 388 g/mol. The second kappa shape index (κ2) is 7.17. The molecule has 0 atom stereocenters. The zero-order chi connectivity index (χ0) is 18.9. The van der Waals surface area contributed by atoms with Crippen molar-refractivity contribution >= 4 is 34.8 Å². The standard InChI is InChI=1S/C22H22Cl2O2/c1-21(2)13-19(25)22(20(26)14-21,11-15-5-3-7-17(23)9-15)12-16-6-4-8-18(24)10-16/h3-10H,11-14H2,1-2H3. The van der Waals surface area contributed by atoms with Crippen LogP contribution >= 0.6 is 23.2 Å². The number of carbonyl (C=O) groups excluding carboxylic acids is 2. The highest BCUT2D eigenvalue weighted by Crippen LogP contribution is 2.44. The van der Waals surface area contributed by atoms with Gasteiger partial charge >= 0.3 is 0 Å². The Balaban J connectivity index is 2.03. The molecule has 0 N–H and O–H groups in total. The summed E-state index contributed by atoms with van der Waals surface area (Å²) in [5.74, 6) is 0.0254. The second-order valence-corrected chi connectivity index (χ2v) is 8.93. The Morgan fingerprint density at radius 1 is 0.808 bits per heavy atom. The van der Waals surface area contributed by atoms with Gasteiger partial charge in [-0.15, -0.1) is 0 Å². The zero-order valence-electron chi connectivity index (χ0n) is 15.0. The Hall–Kier alpha value is -1.64. The molecule has 0 spiro atoms. The smallest absolute Gasteiger partial charge is 0.147 e. The lowest BCUT2D eigenvalue weighted by Gasteiger charge is -2.41. The molecular formula is C22H22Cl2O2. The summed E-state index contributed by atoms with van der Waals surface area (Å²) in [5, 5.41) is 1.22. The van der Waals surface area contributed by atoms with Crippen LogP contribution in [0, 0.1) is 10.8 Å². The molecule has 0 amide bonds. The predicted molar refractivity (Wildman–Crippen MR) is 106 cm³/mol. The van der Waals surface area contributed by atoms with E-state index in [0.717, 1.165) is 11.1 Å². The lowest BCUT2D eigenvalue weighted by atomic mass is 9.59. The van der Waals surface area contributed by atoms with Gasteiger partial charge in [-0.1, -0.05) is 61.3 Å². The Morgan fingerprint density at radius 2 is 1.23 bits per heavy atom. The normalized spacial score (nSPS) is 18.8. The van der Waals surface area contributed by atoms with Crippen LogP contribution in [0.2, 0.25) is 10.0 Å². The fourth-order valence-corrected chi connectivity index (χ4v) is 4.30. The third-order valence-corrected chi connectivity index (χ3v) is 5.61. The molecule has 0 heterocycles.